The van der Waals surface area contributed by atoms with Gasteiger partial charge < -0.3 is 20.0 Å². The van der Waals surface area contributed by atoms with Crippen LogP contribution in [-0.4, -0.2) is 18.7 Å². The van der Waals surface area contributed by atoms with E-state index in [0.29, 0.717) is 4.73 Å². The number of aryl methyl sites for hydroxylation is 1. The maximum atomic E-state index is 14.7. The van der Waals surface area contributed by atoms with E-state index in [0.717, 1.165) is 6.20 Å². The average molecular weight is 436 g/mol. The Morgan fingerprint density at radius 1 is 1.10 bits per heavy atom. The molecule has 162 valence electrons. The molecule has 0 aliphatic carbocycles. The van der Waals surface area contributed by atoms with Gasteiger partial charge >= 0.3 is 6.18 Å². The van der Waals surface area contributed by atoms with E-state index < -0.39 is 30.1 Å². The van der Waals surface area contributed by atoms with E-state index in [2.05, 4.69) is 10.1 Å². The fraction of sp³-hybridized carbons (Fsp3) is 0.143. The number of amides is 1. The third kappa shape index (κ3) is 5.84. The maximum absolute atomic E-state index is 14.7. The number of carbonyl (C=O) groups is 1. The van der Waals surface area contributed by atoms with Gasteiger partial charge in [0.1, 0.15) is 34.3 Å². The van der Waals surface area contributed by atoms with Crippen molar-refractivity contribution in [1.82, 2.24) is 0 Å². The molecule has 1 heterocycles. The SMILES string of the molecule is Cc1ccc(Oc2ccc(OCC(F)(F)F)cc2)c(C(=O)Nc2ccc[n+]([O-])c2)c1F. The Morgan fingerprint density at radius 2 is 1.77 bits per heavy atom. The van der Waals surface area contributed by atoms with Gasteiger partial charge in [0.05, 0.1) is 0 Å². The van der Waals surface area contributed by atoms with Gasteiger partial charge in [-0.1, -0.05) is 6.07 Å². The quantitative estimate of drug-likeness (QED) is 0.344. The molecule has 2 aromatic carbocycles. The molecule has 0 spiro atoms. The van der Waals surface area contributed by atoms with Crippen molar-refractivity contribution >= 4 is 11.6 Å². The van der Waals surface area contributed by atoms with Crippen LogP contribution in [0.5, 0.6) is 17.2 Å². The van der Waals surface area contributed by atoms with Gasteiger partial charge in [-0.25, -0.2) is 4.39 Å². The van der Waals surface area contributed by atoms with Crippen LogP contribution in [-0.2, 0) is 0 Å². The minimum absolute atomic E-state index is 0.0345. The highest BCUT2D eigenvalue weighted by Crippen LogP contribution is 2.31. The zero-order valence-corrected chi connectivity index (χ0v) is 16.1. The summed E-state index contributed by atoms with van der Waals surface area (Å²) >= 11 is 0. The van der Waals surface area contributed by atoms with Crippen LogP contribution in [0.2, 0.25) is 0 Å². The summed E-state index contributed by atoms with van der Waals surface area (Å²) in [6.07, 6.45) is -2.15. The lowest BCUT2D eigenvalue weighted by Crippen LogP contribution is -2.26. The Bertz CT molecular complexity index is 1090. The molecule has 1 aromatic heterocycles. The Hall–Kier alpha value is -3.82. The molecule has 0 aliphatic rings. The van der Waals surface area contributed by atoms with Crippen LogP contribution >= 0.6 is 0 Å². The molecule has 0 unspecified atom stereocenters. The normalized spacial score (nSPS) is 11.1. The molecule has 0 fully saturated rings. The summed E-state index contributed by atoms with van der Waals surface area (Å²) in [6, 6.07) is 10.8. The minimum atomic E-state index is -4.47. The molecule has 6 nitrogen and oxygen atoms in total. The lowest BCUT2D eigenvalue weighted by atomic mass is 10.1. The molecule has 0 aliphatic heterocycles. The van der Waals surface area contributed by atoms with Crippen LogP contribution in [0.25, 0.3) is 0 Å². The molecule has 10 heteroatoms. The summed E-state index contributed by atoms with van der Waals surface area (Å²) in [5, 5.41) is 13.8. The monoisotopic (exact) mass is 436 g/mol. The number of aromatic nitrogens is 1. The van der Waals surface area contributed by atoms with Crippen molar-refractivity contribution in [2.75, 3.05) is 11.9 Å². The van der Waals surface area contributed by atoms with Gasteiger partial charge in [0.25, 0.3) is 5.91 Å². The van der Waals surface area contributed by atoms with Crippen molar-refractivity contribution in [3.05, 3.63) is 83.1 Å². The topological polar surface area (TPSA) is 74.5 Å². The van der Waals surface area contributed by atoms with Gasteiger partial charge in [0, 0.05) is 6.07 Å². The zero-order chi connectivity index (χ0) is 22.6. The highest BCUT2D eigenvalue weighted by atomic mass is 19.4. The number of benzene rings is 2. The predicted molar refractivity (Wildman–Crippen MR) is 103 cm³/mol. The molecule has 31 heavy (non-hydrogen) atoms. The molecule has 3 rings (SSSR count). The molecule has 0 atom stereocenters. The second-order valence-corrected chi connectivity index (χ2v) is 6.45. The number of alkyl halides is 3. The van der Waals surface area contributed by atoms with E-state index in [1.165, 1.54) is 61.7 Å². The average Bonchev–Trinajstić information content (AvgIpc) is 2.70. The largest absolute Gasteiger partial charge is 0.619 e. The summed E-state index contributed by atoms with van der Waals surface area (Å²) in [7, 11) is 0. The first-order valence-electron chi connectivity index (χ1n) is 8.89. The van der Waals surface area contributed by atoms with E-state index >= 15 is 0 Å². The summed E-state index contributed by atoms with van der Waals surface area (Å²) in [5.74, 6) is -1.66. The van der Waals surface area contributed by atoms with Crippen LogP contribution in [0.1, 0.15) is 15.9 Å². The van der Waals surface area contributed by atoms with Crippen molar-refractivity contribution in [3.63, 3.8) is 0 Å². The summed E-state index contributed by atoms with van der Waals surface area (Å²) in [5.41, 5.74) is -0.0421. The molecule has 1 N–H and O–H groups in total. The molecule has 0 radical (unpaired) electrons. The van der Waals surface area contributed by atoms with Crippen molar-refractivity contribution in [1.29, 1.82) is 0 Å². The number of rotatable bonds is 6. The number of halogens is 4. The number of anilines is 1. The van der Waals surface area contributed by atoms with Gasteiger partial charge in [-0.2, -0.15) is 17.9 Å². The predicted octanol–water partition coefficient (Wildman–Crippen LogP) is 4.75. The zero-order valence-electron chi connectivity index (χ0n) is 16.1. The summed E-state index contributed by atoms with van der Waals surface area (Å²) in [4.78, 5) is 12.7. The fourth-order valence-electron chi connectivity index (χ4n) is 2.58. The van der Waals surface area contributed by atoms with E-state index in [4.69, 9.17) is 4.74 Å². The first kappa shape index (κ1) is 21.9. The molecule has 0 bridgehead atoms. The molecule has 1 amide bonds. The second kappa shape index (κ2) is 8.90. The van der Waals surface area contributed by atoms with Gasteiger partial charge in [0.15, 0.2) is 12.8 Å². The lowest BCUT2D eigenvalue weighted by Gasteiger charge is -2.14. The molecular weight excluding hydrogens is 420 g/mol. The third-order valence-electron chi connectivity index (χ3n) is 4.01. The second-order valence-electron chi connectivity index (χ2n) is 6.45. The van der Waals surface area contributed by atoms with Crippen LogP contribution in [0.4, 0.5) is 23.2 Å². The highest BCUT2D eigenvalue weighted by molar-refractivity contribution is 6.06. The van der Waals surface area contributed by atoms with Gasteiger partial charge in [-0.15, -0.1) is 0 Å². The van der Waals surface area contributed by atoms with Crippen molar-refractivity contribution in [3.8, 4) is 17.2 Å². The highest BCUT2D eigenvalue weighted by Gasteiger charge is 2.28. The van der Waals surface area contributed by atoms with E-state index in [1.807, 2.05) is 0 Å². The Morgan fingerprint density at radius 3 is 2.42 bits per heavy atom. The smallest absolute Gasteiger partial charge is 0.422 e. The minimum Gasteiger partial charge on any atom is -0.619 e. The number of carbonyl (C=O) groups excluding carboxylic acids is 1. The molecular formula is C21H16F4N2O4. The fourth-order valence-corrected chi connectivity index (χ4v) is 2.58. The number of hydrogen-bond acceptors (Lipinski definition) is 4. The number of nitrogens with one attached hydrogen (secondary N) is 1. The van der Waals surface area contributed by atoms with Gasteiger partial charge in [-0.3, -0.25) is 4.79 Å². The van der Waals surface area contributed by atoms with Crippen molar-refractivity contribution < 1.29 is 36.6 Å². The number of nitrogens with zero attached hydrogens (tertiary/aromatic N) is 1. The van der Waals surface area contributed by atoms with Crippen LogP contribution in [0.15, 0.2) is 60.9 Å². The Balaban J connectivity index is 1.82. The maximum Gasteiger partial charge on any atom is 0.422 e. The summed E-state index contributed by atoms with van der Waals surface area (Å²) in [6.45, 7) is 0.0281. The standard InChI is InChI=1S/C21H16F4N2O4/c1-13-4-9-17(31-16-7-5-15(6-8-16)30-12-21(23,24)25)18(19(13)22)20(28)26-14-3-2-10-27(29)11-14/h2-11H,12H2,1H3,(H,26,28). The van der Waals surface area contributed by atoms with E-state index in [-0.39, 0.29) is 28.5 Å². The number of hydrogen-bond donors (Lipinski definition) is 1. The molecule has 0 saturated heterocycles. The van der Waals surface area contributed by atoms with Crippen LogP contribution in [0, 0.1) is 17.9 Å². The van der Waals surface area contributed by atoms with Crippen LogP contribution < -0.4 is 19.5 Å². The van der Waals surface area contributed by atoms with Gasteiger partial charge in [0.2, 0.25) is 6.20 Å². The lowest BCUT2D eigenvalue weighted by molar-refractivity contribution is -0.604. The number of pyridine rings is 1. The number of ether oxygens (including phenoxy) is 2. The van der Waals surface area contributed by atoms with Crippen molar-refractivity contribution in [2.24, 2.45) is 0 Å². The first-order chi connectivity index (χ1) is 14.6. The Labute approximate surface area is 174 Å². The van der Waals surface area contributed by atoms with Crippen LogP contribution in [0.3, 0.4) is 0 Å². The first-order valence-corrected chi connectivity index (χ1v) is 8.89. The van der Waals surface area contributed by atoms with E-state index in [1.54, 1.807) is 0 Å². The molecule has 0 saturated carbocycles. The van der Waals surface area contributed by atoms with E-state index in [9.17, 15) is 27.6 Å². The molecule has 3 aromatic rings. The summed E-state index contributed by atoms with van der Waals surface area (Å²) < 4.78 is 62.1. The Kier molecular flexibility index (Phi) is 6.28. The van der Waals surface area contributed by atoms with Gasteiger partial charge in [-0.05, 0) is 48.9 Å². The third-order valence-corrected chi connectivity index (χ3v) is 4.01. The van der Waals surface area contributed by atoms with Crippen molar-refractivity contribution in [2.45, 2.75) is 13.1 Å².